The van der Waals surface area contributed by atoms with Gasteiger partial charge < -0.3 is 20.9 Å². The van der Waals surface area contributed by atoms with E-state index in [-0.39, 0.29) is 29.9 Å². The molecule has 0 aromatic heterocycles. The number of carbonyl (C=O) groups is 5. The number of piperidine rings is 1. The Labute approximate surface area is 263 Å². The minimum atomic E-state index is -0.953. The molecule has 3 N–H and O–H groups in total. The SMILES string of the molecule is C/C=C(/C[C@H]1NC(=O)[C@@H](CCCCCC(=O)CC)NC(=O)[C@H]2CCCCN2C(=O)[C@@H](C(C)CC)NC1=O)c1ccccc1C. The van der Waals surface area contributed by atoms with Gasteiger partial charge in [-0.3, -0.25) is 24.0 Å². The summed E-state index contributed by atoms with van der Waals surface area (Å²) in [5, 5.41) is 8.92. The van der Waals surface area contributed by atoms with E-state index >= 15 is 0 Å². The molecule has 44 heavy (non-hydrogen) atoms. The zero-order valence-corrected chi connectivity index (χ0v) is 27.2. The zero-order valence-electron chi connectivity index (χ0n) is 27.2. The van der Waals surface area contributed by atoms with Crippen LogP contribution < -0.4 is 16.0 Å². The maximum atomic E-state index is 14.0. The molecule has 0 spiro atoms. The Balaban J connectivity index is 1.95. The maximum absolute atomic E-state index is 14.0. The van der Waals surface area contributed by atoms with E-state index in [0.29, 0.717) is 45.1 Å². The fourth-order valence-electron chi connectivity index (χ4n) is 6.16. The van der Waals surface area contributed by atoms with E-state index in [2.05, 4.69) is 16.0 Å². The summed E-state index contributed by atoms with van der Waals surface area (Å²) in [4.78, 5) is 68.9. The molecule has 4 amide bonds. The molecule has 2 saturated heterocycles. The summed E-state index contributed by atoms with van der Waals surface area (Å²) in [5.41, 5.74) is 2.94. The Morgan fingerprint density at radius 3 is 2.34 bits per heavy atom. The van der Waals surface area contributed by atoms with Gasteiger partial charge in [-0.05, 0) is 68.6 Å². The van der Waals surface area contributed by atoms with Crippen molar-refractivity contribution in [2.75, 3.05) is 6.54 Å². The first-order chi connectivity index (χ1) is 21.1. The molecular weight excluding hydrogens is 556 g/mol. The Hall–Kier alpha value is -3.49. The Kier molecular flexibility index (Phi) is 13.6. The van der Waals surface area contributed by atoms with Crippen LogP contribution in [0.1, 0.15) is 109 Å². The third-order valence-corrected chi connectivity index (χ3v) is 9.24. The average Bonchev–Trinajstić information content (AvgIpc) is 3.03. The van der Waals surface area contributed by atoms with Crippen molar-refractivity contribution in [3.8, 4) is 0 Å². The highest BCUT2D eigenvalue weighted by Gasteiger charge is 2.40. The molecule has 3 rings (SSSR count). The molecule has 9 nitrogen and oxygen atoms in total. The number of benzene rings is 1. The smallest absolute Gasteiger partial charge is 0.246 e. The molecule has 0 radical (unpaired) electrons. The number of nitrogens with zero attached hydrogens (tertiary/aromatic N) is 1. The number of allylic oxidation sites excluding steroid dienone is 1. The predicted molar refractivity (Wildman–Crippen MR) is 172 cm³/mol. The van der Waals surface area contributed by atoms with Crippen molar-refractivity contribution in [1.82, 2.24) is 20.9 Å². The van der Waals surface area contributed by atoms with Gasteiger partial charge in [-0.15, -0.1) is 0 Å². The van der Waals surface area contributed by atoms with E-state index in [0.717, 1.165) is 42.4 Å². The van der Waals surface area contributed by atoms with E-state index in [1.807, 2.05) is 65.0 Å². The van der Waals surface area contributed by atoms with Crippen molar-refractivity contribution in [3.63, 3.8) is 0 Å². The lowest BCUT2D eigenvalue weighted by atomic mass is 9.92. The maximum Gasteiger partial charge on any atom is 0.246 e. The molecule has 0 bridgehead atoms. The van der Waals surface area contributed by atoms with Gasteiger partial charge in [0.05, 0.1) is 0 Å². The van der Waals surface area contributed by atoms with Crippen LogP contribution in [0.25, 0.3) is 5.57 Å². The van der Waals surface area contributed by atoms with Crippen molar-refractivity contribution in [1.29, 1.82) is 0 Å². The Bertz CT molecular complexity index is 1210. The molecule has 1 unspecified atom stereocenters. The van der Waals surface area contributed by atoms with E-state index in [1.165, 1.54) is 0 Å². The van der Waals surface area contributed by atoms with Gasteiger partial charge in [0.2, 0.25) is 23.6 Å². The second-order valence-electron chi connectivity index (χ2n) is 12.4. The molecule has 1 aromatic carbocycles. The van der Waals surface area contributed by atoms with E-state index in [4.69, 9.17) is 0 Å². The van der Waals surface area contributed by atoms with Crippen LogP contribution in [-0.4, -0.2) is 65.0 Å². The molecule has 0 saturated carbocycles. The Morgan fingerprint density at radius 2 is 1.66 bits per heavy atom. The highest BCUT2D eigenvalue weighted by Crippen LogP contribution is 2.25. The third kappa shape index (κ3) is 9.26. The average molecular weight is 609 g/mol. The standard InChI is InChI=1S/C35H52N4O5/c1-6-23(4)31-35(44)39-21-15-14-20-30(39)34(43)36-28(19-11-9-10-17-26(40)8-3)32(41)37-29(33(42)38-31)22-25(7-2)27-18-13-12-16-24(27)5/h7,12-13,16,18,23,28-31H,6,8-11,14-15,17,19-22H2,1-5H3,(H,36,43)(H,37,41)(H,38,42)/b25-7-/t23?,28-,29-,30-,31-/m1/s1. The fraction of sp³-hybridized carbons (Fsp3) is 0.629. The first-order valence-corrected chi connectivity index (χ1v) is 16.6. The van der Waals surface area contributed by atoms with Crippen molar-refractivity contribution in [3.05, 3.63) is 41.5 Å². The molecule has 2 aliphatic heterocycles. The summed E-state index contributed by atoms with van der Waals surface area (Å²) in [7, 11) is 0. The highest BCUT2D eigenvalue weighted by molar-refractivity contribution is 5.98. The second kappa shape index (κ2) is 17.1. The second-order valence-corrected chi connectivity index (χ2v) is 12.4. The molecule has 1 aromatic rings. The summed E-state index contributed by atoms with van der Waals surface area (Å²) in [6.07, 6.45) is 8.42. The van der Waals surface area contributed by atoms with Crippen LogP contribution in [0.15, 0.2) is 30.3 Å². The van der Waals surface area contributed by atoms with Crippen LogP contribution >= 0.6 is 0 Å². The summed E-state index contributed by atoms with van der Waals surface area (Å²) in [6.45, 7) is 10.1. The van der Waals surface area contributed by atoms with Gasteiger partial charge in [0.25, 0.3) is 0 Å². The van der Waals surface area contributed by atoms with Gasteiger partial charge in [0, 0.05) is 25.8 Å². The molecule has 5 atom stereocenters. The van der Waals surface area contributed by atoms with Crippen LogP contribution in [0.4, 0.5) is 0 Å². The number of unbranched alkanes of at least 4 members (excludes halogenated alkanes) is 2. The number of hydrogen-bond acceptors (Lipinski definition) is 5. The lowest BCUT2D eigenvalue weighted by Gasteiger charge is -2.39. The van der Waals surface area contributed by atoms with Gasteiger partial charge in [-0.2, -0.15) is 0 Å². The lowest BCUT2D eigenvalue weighted by molar-refractivity contribution is -0.147. The molecule has 0 aliphatic carbocycles. The zero-order chi connectivity index (χ0) is 32.2. The summed E-state index contributed by atoms with van der Waals surface area (Å²) >= 11 is 0. The van der Waals surface area contributed by atoms with Gasteiger partial charge in [0.15, 0.2) is 0 Å². The molecule has 242 valence electrons. The van der Waals surface area contributed by atoms with Gasteiger partial charge >= 0.3 is 0 Å². The normalized spacial score (nSPS) is 24.3. The number of rotatable bonds is 12. The number of nitrogens with one attached hydrogen (secondary N) is 3. The van der Waals surface area contributed by atoms with E-state index in [9.17, 15) is 24.0 Å². The monoisotopic (exact) mass is 608 g/mol. The van der Waals surface area contributed by atoms with Gasteiger partial charge in [-0.1, -0.05) is 70.4 Å². The summed E-state index contributed by atoms with van der Waals surface area (Å²) in [5.74, 6) is -1.37. The van der Waals surface area contributed by atoms with Gasteiger partial charge in [-0.25, -0.2) is 0 Å². The van der Waals surface area contributed by atoms with E-state index in [1.54, 1.807) is 4.90 Å². The van der Waals surface area contributed by atoms with Crippen molar-refractivity contribution < 1.29 is 24.0 Å². The number of ketones is 1. The number of amides is 4. The summed E-state index contributed by atoms with van der Waals surface area (Å²) in [6, 6.07) is 4.58. The number of hydrogen-bond donors (Lipinski definition) is 3. The number of fused-ring (bicyclic) bond motifs is 1. The van der Waals surface area contributed by atoms with E-state index < -0.39 is 36.0 Å². The number of carbonyl (C=O) groups excluding carboxylic acids is 5. The van der Waals surface area contributed by atoms with Crippen molar-refractivity contribution in [2.24, 2.45) is 5.92 Å². The van der Waals surface area contributed by atoms with Gasteiger partial charge in [0.1, 0.15) is 30.0 Å². The van der Waals surface area contributed by atoms with Crippen LogP contribution in [0.2, 0.25) is 0 Å². The molecule has 2 heterocycles. The number of aryl methyl sites for hydroxylation is 1. The largest absolute Gasteiger partial charge is 0.343 e. The quantitative estimate of drug-likeness (QED) is 0.299. The third-order valence-electron chi connectivity index (χ3n) is 9.24. The molecule has 2 fully saturated rings. The van der Waals surface area contributed by atoms with Crippen molar-refractivity contribution >= 4 is 35.0 Å². The van der Waals surface area contributed by atoms with Crippen molar-refractivity contribution in [2.45, 2.75) is 129 Å². The lowest BCUT2D eigenvalue weighted by Crippen LogP contribution is -2.64. The number of Topliss-reactive ketones (excluding diaryl/α,β-unsaturated/α-hetero) is 1. The fourth-order valence-corrected chi connectivity index (χ4v) is 6.16. The molecule has 2 aliphatic rings. The van der Waals surface area contributed by atoms with Crippen LogP contribution in [0.5, 0.6) is 0 Å². The predicted octanol–water partition coefficient (Wildman–Crippen LogP) is 4.61. The van der Waals surface area contributed by atoms with Crippen LogP contribution in [0, 0.1) is 12.8 Å². The molecule has 9 heteroatoms. The minimum absolute atomic E-state index is 0.165. The van der Waals surface area contributed by atoms with Crippen LogP contribution in [-0.2, 0) is 24.0 Å². The minimum Gasteiger partial charge on any atom is -0.343 e. The summed E-state index contributed by atoms with van der Waals surface area (Å²) < 4.78 is 0. The topological polar surface area (TPSA) is 125 Å². The van der Waals surface area contributed by atoms with Crippen LogP contribution in [0.3, 0.4) is 0 Å². The first-order valence-electron chi connectivity index (χ1n) is 16.6. The first kappa shape index (κ1) is 35.0. The molecular formula is C35H52N4O5. The highest BCUT2D eigenvalue weighted by atomic mass is 16.2. The Morgan fingerprint density at radius 1 is 0.955 bits per heavy atom.